The average Bonchev–Trinajstić information content (AvgIpc) is 3.16. The number of terminal acetylenes is 1. The third-order valence-corrected chi connectivity index (χ3v) is 5.01. The molecule has 1 aromatic heterocycles. The van der Waals surface area contributed by atoms with Gasteiger partial charge in [-0.25, -0.2) is 9.78 Å². The fraction of sp³-hybridized carbons (Fsp3) is 0.208. The van der Waals surface area contributed by atoms with Crippen LogP contribution >= 0.6 is 0 Å². The van der Waals surface area contributed by atoms with E-state index < -0.39 is 5.97 Å². The van der Waals surface area contributed by atoms with E-state index in [-0.39, 0.29) is 17.7 Å². The molecule has 0 radical (unpaired) electrons. The summed E-state index contributed by atoms with van der Waals surface area (Å²) in [4.78, 5) is 28.8. The first-order valence-electron chi connectivity index (χ1n) is 9.83. The highest BCUT2D eigenvalue weighted by molar-refractivity contribution is 5.93. The number of aromatic carboxylic acids is 1. The van der Waals surface area contributed by atoms with Crippen molar-refractivity contribution >= 4 is 28.5 Å². The first-order valence-corrected chi connectivity index (χ1v) is 9.83. The minimum absolute atomic E-state index is 0.0943. The summed E-state index contributed by atoms with van der Waals surface area (Å²) in [7, 11) is 0. The molecule has 0 atom stereocenters. The van der Waals surface area contributed by atoms with Gasteiger partial charge < -0.3 is 14.6 Å². The maximum absolute atomic E-state index is 12.9. The predicted molar refractivity (Wildman–Crippen MR) is 117 cm³/mol. The molecule has 1 aliphatic rings. The lowest BCUT2D eigenvalue weighted by Crippen LogP contribution is -2.21. The van der Waals surface area contributed by atoms with Gasteiger partial charge in [0.05, 0.1) is 23.1 Å². The Labute approximate surface area is 178 Å². The molecule has 2 heterocycles. The minimum Gasteiger partial charge on any atom is -0.490 e. The van der Waals surface area contributed by atoms with Gasteiger partial charge >= 0.3 is 5.97 Å². The number of hydrogen-bond donors (Lipinski definition) is 1. The Balaban J connectivity index is 1.77. The van der Waals surface area contributed by atoms with Crippen molar-refractivity contribution in [2.75, 3.05) is 13.2 Å². The van der Waals surface area contributed by atoms with Crippen LogP contribution in [0.25, 0.3) is 22.6 Å². The lowest BCUT2D eigenvalue weighted by molar-refractivity contribution is 0.0697. The largest absolute Gasteiger partial charge is 0.490 e. The topological polar surface area (TPSA) is 90.7 Å². The van der Waals surface area contributed by atoms with E-state index in [4.69, 9.17) is 15.9 Å². The lowest BCUT2D eigenvalue weighted by atomic mass is 10.1. The van der Waals surface area contributed by atoms with Gasteiger partial charge in [-0.2, -0.15) is 0 Å². The quantitative estimate of drug-likeness (QED) is 0.619. The summed E-state index contributed by atoms with van der Waals surface area (Å²) >= 11 is 0. The van der Waals surface area contributed by atoms with Crippen LogP contribution in [0.3, 0.4) is 0 Å². The fourth-order valence-corrected chi connectivity index (χ4v) is 3.61. The zero-order valence-corrected chi connectivity index (χ0v) is 16.9. The molecule has 156 valence electrons. The number of carbonyl (C=O) groups is 1. The van der Waals surface area contributed by atoms with Crippen LogP contribution in [0.5, 0.6) is 11.5 Å². The van der Waals surface area contributed by atoms with Crippen molar-refractivity contribution in [2.24, 2.45) is 0 Å². The first kappa shape index (κ1) is 20.2. The Morgan fingerprint density at radius 3 is 2.84 bits per heavy atom. The number of aromatic nitrogens is 2. The van der Waals surface area contributed by atoms with Crippen LogP contribution in [-0.2, 0) is 6.54 Å². The molecule has 31 heavy (non-hydrogen) atoms. The molecule has 0 saturated carbocycles. The third-order valence-electron chi connectivity index (χ3n) is 5.01. The van der Waals surface area contributed by atoms with Crippen molar-refractivity contribution in [1.82, 2.24) is 9.55 Å². The van der Waals surface area contributed by atoms with Crippen LogP contribution in [0.4, 0.5) is 0 Å². The number of fused-ring (bicyclic) bond motifs is 2. The van der Waals surface area contributed by atoms with Crippen LogP contribution in [-0.4, -0.2) is 33.8 Å². The van der Waals surface area contributed by atoms with Crippen LogP contribution in [0.1, 0.15) is 35.1 Å². The third kappa shape index (κ3) is 3.88. The van der Waals surface area contributed by atoms with Crippen LogP contribution in [0.2, 0.25) is 0 Å². The smallest absolute Gasteiger partial charge is 0.335 e. The van der Waals surface area contributed by atoms with Gasteiger partial charge in [0.15, 0.2) is 11.5 Å². The number of rotatable bonds is 6. The second kappa shape index (κ2) is 8.36. The van der Waals surface area contributed by atoms with E-state index in [0.29, 0.717) is 47.8 Å². The Morgan fingerprint density at radius 2 is 2.10 bits per heavy atom. The average molecular weight is 416 g/mol. The first-order chi connectivity index (χ1) is 15.0. The molecule has 7 heteroatoms. The summed E-state index contributed by atoms with van der Waals surface area (Å²) in [6.45, 7) is 3.03. The highest BCUT2D eigenvalue weighted by Crippen LogP contribution is 2.32. The van der Waals surface area contributed by atoms with Crippen LogP contribution < -0.4 is 15.0 Å². The fourth-order valence-electron chi connectivity index (χ4n) is 3.61. The summed E-state index contributed by atoms with van der Waals surface area (Å²) in [6, 6.07) is 9.90. The normalized spacial score (nSPS) is 13.7. The van der Waals surface area contributed by atoms with E-state index in [1.165, 1.54) is 18.2 Å². The predicted octanol–water partition coefficient (Wildman–Crippen LogP) is 3.45. The second-order valence-corrected chi connectivity index (χ2v) is 6.98. The molecular weight excluding hydrogens is 396 g/mol. The van der Waals surface area contributed by atoms with Crippen molar-refractivity contribution < 1.29 is 19.4 Å². The summed E-state index contributed by atoms with van der Waals surface area (Å²) in [5.74, 6) is 3.07. The minimum atomic E-state index is -1.06. The van der Waals surface area contributed by atoms with Crippen molar-refractivity contribution in [3.63, 3.8) is 0 Å². The molecule has 0 amide bonds. The number of allylic oxidation sites excluding steroid dienone is 1. The molecule has 3 aromatic rings. The molecular formula is C24H20N2O5. The molecule has 7 nitrogen and oxygen atoms in total. The zero-order valence-electron chi connectivity index (χ0n) is 16.9. The highest BCUT2D eigenvalue weighted by Gasteiger charge is 2.21. The SMILES string of the molecule is C#CCOc1ccc(/C=C2\CCn3c2nc2cc(C(=O)O)ccc2c3=O)cc1OCC. The highest BCUT2D eigenvalue weighted by atomic mass is 16.5. The molecule has 1 aliphatic heterocycles. The van der Waals surface area contributed by atoms with E-state index in [9.17, 15) is 14.7 Å². The van der Waals surface area contributed by atoms with Crippen molar-refractivity contribution in [2.45, 2.75) is 19.9 Å². The number of ether oxygens (including phenoxy) is 2. The molecule has 0 bridgehead atoms. The Hall–Kier alpha value is -4.05. The van der Waals surface area contributed by atoms with Crippen LogP contribution in [0, 0.1) is 12.3 Å². The number of nitrogens with zero attached hydrogens (tertiary/aromatic N) is 2. The number of hydrogen-bond acceptors (Lipinski definition) is 5. The van der Waals surface area contributed by atoms with Crippen molar-refractivity contribution in [1.29, 1.82) is 0 Å². The van der Waals surface area contributed by atoms with Gasteiger partial charge in [-0.1, -0.05) is 12.0 Å². The summed E-state index contributed by atoms with van der Waals surface area (Å²) in [5, 5.41) is 9.65. The Morgan fingerprint density at radius 1 is 1.26 bits per heavy atom. The molecule has 0 fully saturated rings. The summed E-state index contributed by atoms with van der Waals surface area (Å²) < 4.78 is 12.8. The van der Waals surface area contributed by atoms with Crippen LogP contribution in [0.15, 0.2) is 41.2 Å². The van der Waals surface area contributed by atoms with Crippen molar-refractivity contribution in [3.05, 3.63) is 63.7 Å². The van der Waals surface area contributed by atoms with Gasteiger partial charge in [0, 0.05) is 6.54 Å². The molecule has 4 rings (SSSR count). The number of carboxylic acid groups (broad SMARTS) is 1. The maximum Gasteiger partial charge on any atom is 0.335 e. The van der Waals surface area contributed by atoms with Gasteiger partial charge in [-0.3, -0.25) is 9.36 Å². The number of benzene rings is 2. The molecule has 1 N–H and O–H groups in total. The summed E-state index contributed by atoms with van der Waals surface area (Å²) in [5.41, 5.74) is 2.05. The maximum atomic E-state index is 12.9. The van der Waals surface area contributed by atoms with Gasteiger partial charge in [0.25, 0.3) is 5.56 Å². The lowest BCUT2D eigenvalue weighted by Gasteiger charge is -2.11. The zero-order chi connectivity index (χ0) is 22.0. The van der Waals surface area contributed by atoms with E-state index >= 15 is 0 Å². The molecule has 0 unspecified atom stereocenters. The van der Waals surface area contributed by atoms with E-state index in [1.807, 2.05) is 25.1 Å². The van der Waals surface area contributed by atoms with E-state index in [2.05, 4.69) is 10.9 Å². The van der Waals surface area contributed by atoms with E-state index in [1.54, 1.807) is 10.6 Å². The van der Waals surface area contributed by atoms with Gasteiger partial charge in [-0.05, 0) is 60.9 Å². The van der Waals surface area contributed by atoms with Crippen molar-refractivity contribution in [3.8, 4) is 23.8 Å². The number of carboxylic acids is 1. The standard InChI is InChI=1S/C24H20N2O5/c1-3-11-31-20-8-5-15(13-21(20)30-4-2)12-16-9-10-26-22(16)25-19-14-17(24(28)29)6-7-18(19)23(26)27/h1,5-8,12-14H,4,9-11H2,2H3,(H,28,29)/b16-12+. The Bertz CT molecular complexity index is 1310. The molecule has 2 aromatic carbocycles. The molecule has 0 spiro atoms. The summed E-state index contributed by atoms with van der Waals surface area (Å²) in [6.07, 6.45) is 7.86. The monoisotopic (exact) mass is 416 g/mol. The van der Waals surface area contributed by atoms with Gasteiger partial charge in [0.2, 0.25) is 0 Å². The van der Waals surface area contributed by atoms with Gasteiger partial charge in [-0.15, -0.1) is 6.42 Å². The Kier molecular flexibility index (Phi) is 5.46. The van der Waals surface area contributed by atoms with Gasteiger partial charge in [0.1, 0.15) is 12.4 Å². The molecule has 0 aliphatic carbocycles. The molecule has 0 saturated heterocycles. The van der Waals surface area contributed by atoms with E-state index in [0.717, 1.165) is 11.1 Å². The second-order valence-electron chi connectivity index (χ2n) is 6.98.